The first kappa shape index (κ1) is 19.0. The third-order valence-corrected chi connectivity index (χ3v) is 6.80. The van der Waals surface area contributed by atoms with E-state index in [1.807, 2.05) is 66.8 Å². The molecule has 138 valence electrons. The first-order chi connectivity index (χ1) is 12.4. The number of esters is 1. The van der Waals surface area contributed by atoms with Crippen molar-refractivity contribution in [1.82, 2.24) is 4.90 Å². The van der Waals surface area contributed by atoms with Crippen molar-refractivity contribution in [2.45, 2.75) is 48.9 Å². The Bertz CT molecular complexity index is 786. The summed E-state index contributed by atoms with van der Waals surface area (Å²) in [7, 11) is 1.40. The van der Waals surface area contributed by atoms with Gasteiger partial charge in [-0.1, -0.05) is 17.7 Å². The van der Waals surface area contributed by atoms with Crippen molar-refractivity contribution >= 4 is 35.0 Å². The summed E-state index contributed by atoms with van der Waals surface area (Å²) in [6, 6.07) is 9.68. The van der Waals surface area contributed by atoms with Crippen molar-refractivity contribution in [2.75, 3.05) is 7.11 Å². The molecule has 3 rings (SSSR count). The second-order valence-corrected chi connectivity index (χ2v) is 9.01. The molecule has 0 N–H and O–H groups in total. The molecule has 0 spiro atoms. The van der Waals surface area contributed by atoms with Gasteiger partial charge in [0.1, 0.15) is 0 Å². The summed E-state index contributed by atoms with van der Waals surface area (Å²) in [6.07, 6.45) is 0.136. The zero-order valence-electron chi connectivity index (χ0n) is 15.4. The predicted octanol–water partition coefficient (Wildman–Crippen LogP) is 4.44. The fourth-order valence-electron chi connectivity index (χ4n) is 3.53. The Hall–Kier alpha value is -1.79. The van der Waals surface area contributed by atoms with Gasteiger partial charge < -0.3 is 9.64 Å². The van der Waals surface area contributed by atoms with Crippen molar-refractivity contribution in [3.63, 3.8) is 0 Å². The number of methoxy groups -OCH3 is 1. The molecule has 1 aromatic heterocycles. The van der Waals surface area contributed by atoms with E-state index in [1.165, 1.54) is 18.9 Å². The summed E-state index contributed by atoms with van der Waals surface area (Å²) in [5, 5.41) is 4.00. The average Bonchev–Trinajstić information content (AvgIpc) is 3.22. The van der Waals surface area contributed by atoms with Gasteiger partial charge in [0.25, 0.3) is 0 Å². The van der Waals surface area contributed by atoms with E-state index < -0.39 is 4.75 Å². The molecule has 1 fully saturated rings. The molecule has 1 saturated heterocycles. The molecule has 4 nitrogen and oxygen atoms in total. The van der Waals surface area contributed by atoms with Crippen LogP contribution in [0.5, 0.6) is 0 Å². The smallest absolute Gasteiger partial charge is 0.325 e. The van der Waals surface area contributed by atoms with Crippen LogP contribution in [0.1, 0.15) is 37.4 Å². The lowest BCUT2D eigenvalue weighted by atomic mass is 9.94. The van der Waals surface area contributed by atoms with Crippen molar-refractivity contribution in [3.8, 4) is 0 Å². The fourth-order valence-corrected chi connectivity index (χ4v) is 5.63. The molecule has 26 heavy (non-hydrogen) atoms. The maximum Gasteiger partial charge on any atom is 0.325 e. The minimum absolute atomic E-state index is 0.00227. The highest BCUT2D eigenvalue weighted by Crippen LogP contribution is 2.54. The third kappa shape index (κ3) is 3.28. The molecule has 0 bridgehead atoms. The van der Waals surface area contributed by atoms with E-state index in [1.54, 1.807) is 11.3 Å². The van der Waals surface area contributed by atoms with Crippen LogP contribution in [0.2, 0.25) is 0 Å². The summed E-state index contributed by atoms with van der Waals surface area (Å²) >= 11 is 3.01. The highest BCUT2D eigenvalue weighted by Gasteiger charge is 2.59. The van der Waals surface area contributed by atoms with Crippen molar-refractivity contribution in [3.05, 3.63) is 52.2 Å². The molecule has 1 aromatic carbocycles. The number of carbonyl (C=O) groups excluding carboxylic acids is 2. The van der Waals surface area contributed by atoms with E-state index in [9.17, 15) is 9.59 Å². The van der Waals surface area contributed by atoms with Crippen LogP contribution in [0, 0.1) is 6.92 Å². The topological polar surface area (TPSA) is 46.6 Å². The Labute approximate surface area is 162 Å². The Balaban J connectivity index is 2.12. The Morgan fingerprint density at radius 2 is 2.00 bits per heavy atom. The Morgan fingerprint density at radius 1 is 1.31 bits per heavy atom. The van der Waals surface area contributed by atoms with E-state index in [0.29, 0.717) is 0 Å². The second-order valence-electron chi connectivity index (χ2n) is 6.83. The van der Waals surface area contributed by atoms with E-state index in [2.05, 4.69) is 0 Å². The van der Waals surface area contributed by atoms with Crippen LogP contribution < -0.4 is 0 Å². The number of carbonyl (C=O) groups is 2. The molecule has 0 aliphatic carbocycles. The monoisotopic (exact) mass is 389 g/mol. The number of likely N-dealkylation sites (tertiary alicyclic amines) is 1. The first-order valence-corrected chi connectivity index (χ1v) is 10.3. The lowest BCUT2D eigenvalue weighted by Crippen LogP contribution is -2.44. The zero-order valence-corrected chi connectivity index (χ0v) is 17.0. The number of amides is 1. The number of rotatable bonds is 5. The van der Waals surface area contributed by atoms with Gasteiger partial charge in [0.2, 0.25) is 5.91 Å². The first-order valence-electron chi connectivity index (χ1n) is 8.56. The highest BCUT2D eigenvalue weighted by atomic mass is 32.2. The number of hydrogen-bond donors (Lipinski definition) is 0. The number of thiophene rings is 1. The van der Waals surface area contributed by atoms with Crippen LogP contribution in [-0.4, -0.2) is 34.7 Å². The van der Waals surface area contributed by atoms with E-state index >= 15 is 0 Å². The number of nitrogens with zero attached hydrogens (tertiary/aromatic N) is 1. The molecule has 1 aliphatic rings. The lowest BCUT2D eigenvalue weighted by molar-refractivity contribution is -0.144. The SMILES string of the molecule is COC(=O)[C@@]1(Sc2ccc(C)cc2)CC(=O)N(C(C)C)[C@@H]1c1ccsc1. The zero-order chi connectivity index (χ0) is 18.9. The molecule has 0 unspecified atom stereocenters. The summed E-state index contributed by atoms with van der Waals surface area (Å²) in [6.45, 7) is 6.00. The van der Waals surface area contributed by atoms with E-state index in [-0.39, 0.29) is 30.4 Å². The van der Waals surface area contributed by atoms with Gasteiger partial charge in [0, 0.05) is 10.9 Å². The van der Waals surface area contributed by atoms with Gasteiger partial charge in [-0.05, 0) is 55.3 Å². The largest absolute Gasteiger partial charge is 0.468 e. The summed E-state index contributed by atoms with van der Waals surface area (Å²) in [5.74, 6) is -0.364. The number of benzene rings is 1. The maximum absolute atomic E-state index is 13.0. The van der Waals surface area contributed by atoms with Crippen LogP contribution in [0.25, 0.3) is 0 Å². The van der Waals surface area contributed by atoms with Gasteiger partial charge in [-0.15, -0.1) is 11.8 Å². The number of hydrogen-bond acceptors (Lipinski definition) is 5. The average molecular weight is 390 g/mol. The van der Waals surface area contributed by atoms with Gasteiger partial charge in [0.05, 0.1) is 19.6 Å². The standard InChI is InChI=1S/C20H23NO3S2/c1-13(2)21-17(22)11-20(19(23)24-4,18(21)15-9-10-25-12-15)26-16-7-5-14(3)6-8-16/h5-10,12-13,18H,11H2,1-4H3/t18-,20-/m1/s1. The lowest BCUT2D eigenvalue weighted by Gasteiger charge is -2.36. The highest BCUT2D eigenvalue weighted by molar-refractivity contribution is 8.01. The van der Waals surface area contributed by atoms with Crippen LogP contribution in [0.4, 0.5) is 0 Å². The molecule has 0 radical (unpaired) electrons. The van der Waals surface area contributed by atoms with Crippen molar-refractivity contribution < 1.29 is 14.3 Å². The molecule has 2 heterocycles. The van der Waals surface area contributed by atoms with Gasteiger partial charge in [-0.2, -0.15) is 11.3 Å². The molecule has 2 atom stereocenters. The summed E-state index contributed by atoms with van der Waals surface area (Å²) < 4.78 is 4.21. The van der Waals surface area contributed by atoms with Crippen molar-refractivity contribution in [2.24, 2.45) is 0 Å². The fraction of sp³-hybridized carbons (Fsp3) is 0.400. The molecule has 1 amide bonds. The molecule has 0 saturated carbocycles. The van der Waals surface area contributed by atoms with Crippen LogP contribution in [-0.2, 0) is 14.3 Å². The van der Waals surface area contributed by atoms with Gasteiger partial charge in [0.15, 0.2) is 4.75 Å². The van der Waals surface area contributed by atoms with Crippen LogP contribution in [0.15, 0.2) is 46.0 Å². The van der Waals surface area contributed by atoms with E-state index in [4.69, 9.17) is 4.74 Å². The maximum atomic E-state index is 13.0. The van der Waals surface area contributed by atoms with Crippen LogP contribution >= 0.6 is 23.1 Å². The summed E-state index contributed by atoms with van der Waals surface area (Å²) in [4.78, 5) is 28.7. The molecule has 1 aliphatic heterocycles. The minimum Gasteiger partial charge on any atom is -0.468 e. The number of aryl methyl sites for hydroxylation is 1. The number of thioether (sulfide) groups is 1. The third-order valence-electron chi connectivity index (χ3n) is 4.69. The van der Waals surface area contributed by atoms with E-state index in [0.717, 1.165) is 16.0 Å². The quantitative estimate of drug-likeness (QED) is 0.709. The molecule has 6 heteroatoms. The van der Waals surface area contributed by atoms with Gasteiger partial charge >= 0.3 is 5.97 Å². The predicted molar refractivity (Wildman–Crippen MR) is 105 cm³/mol. The van der Waals surface area contributed by atoms with Gasteiger partial charge in [-0.3, -0.25) is 9.59 Å². The minimum atomic E-state index is -0.994. The summed E-state index contributed by atoms with van der Waals surface area (Å²) in [5.41, 5.74) is 2.14. The second kappa shape index (κ2) is 7.45. The Morgan fingerprint density at radius 3 is 2.54 bits per heavy atom. The molecular weight excluding hydrogens is 366 g/mol. The molecular formula is C20H23NO3S2. The van der Waals surface area contributed by atoms with Gasteiger partial charge in [-0.25, -0.2) is 0 Å². The molecule has 2 aromatic rings. The van der Waals surface area contributed by atoms with Crippen LogP contribution in [0.3, 0.4) is 0 Å². The van der Waals surface area contributed by atoms with Crippen molar-refractivity contribution in [1.29, 1.82) is 0 Å². The Kier molecular flexibility index (Phi) is 5.44. The number of ether oxygens (including phenoxy) is 1. The normalized spacial score (nSPS) is 22.9.